The molecule has 1 aliphatic carbocycles. The molecule has 1 aromatic heterocycles. The summed E-state index contributed by atoms with van der Waals surface area (Å²) in [5.41, 5.74) is 9.02. The number of nitrogens with zero attached hydrogens (tertiary/aromatic N) is 4. The van der Waals surface area contributed by atoms with E-state index in [0.29, 0.717) is 12.6 Å². The van der Waals surface area contributed by atoms with Gasteiger partial charge in [0.2, 0.25) is 0 Å². The fourth-order valence-corrected chi connectivity index (χ4v) is 6.66. The SMILES string of the molecule is CCc1cccc(CC)c1-c1nc(C)c2c(n1)N1CC(O)CC1N([C@H]1CCCc3ccccc31)C2. The minimum absolute atomic E-state index is 0.169. The number of hydrogen-bond acceptors (Lipinski definition) is 5. The van der Waals surface area contributed by atoms with Crippen LogP contribution in [0.3, 0.4) is 0 Å². The van der Waals surface area contributed by atoms with E-state index < -0.39 is 0 Å². The van der Waals surface area contributed by atoms with Crippen molar-refractivity contribution in [1.29, 1.82) is 0 Å². The average molecular weight is 469 g/mol. The monoisotopic (exact) mass is 468 g/mol. The van der Waals surface area contributed by atoms with Gasteiger partial charge >= 0.3 is 0 Å². The average Bonchev–Trinajstić information content (AvgIpc) is 3.29. The van der Waals surface area contributed by atoms with Crippen LogP contribution in [0.1, 0.15) is 72.7 Å². The standard InChI is InChI=1S/C30H36N4O/c1-4-20-11-8-12-21(5-2)28(20)29-31-19(3)25-18-33(27-16-23(35)17-34(27)30(25)32-29)26-15-9-13-22-10-6-7-14-24(22)26/h6-8,10-12,14,23,26-27,35H,4-5,9,13,15-18H2,1-3H3/t23?,26-,27?/m0/s1. The fraction of sp³-hybridized carbons (Fsp3) is 0.467. The summed E-state index contributed by atoms with van der Waals surface area (Å²) >= 11 is 0. The van der Waals surface area contributed by atoms with Gasteiger partial charge in [-0.1, -0.05) is 56.3 Å². The van der Waals surface area contributed by atoms with E-state index in [0.717, 1.165) is 56.0 Å². The molecule has 6 rings (SSSR count). The lowest BCUT2D eigenvalue weighted by Gasteiger charge is -2.47. The van der Waals surface area contributed by atoms with E-state index in [1.165, 1.54) is 39.8 Å². The Kier molecular flexibility index (Phi) is 5.85. The van der Waals surface area contributed by atoms with Crippen molar-refractivity contribution < 1.29 is 5.11 Å². The molecular weight excluding hydrogens is 432 g/mol. The van der Waals surface area contributed by atoms with E-state index >= 15 is 0 Å². The van der Waals surface area contributed by atoms with Gasteiger partial charge < -0.3 is 10.0 Å². The van der Waals surface area contributed by atoms with Gasteiger partial charge in [-0.05, 0) is 61.3 Å². The molecule has 3 atom stereocenters. The van der Waals surface area contributed by atoms with Crippen molar-refractivity contribution in [3.05, 3.63) is 76.0 Å². The number of anilines is 1. The number of aromatic nitrogens is 2. The van der Waals surface area contributed by atoms with Gasteiger partial charge in [0.25, 0.3) is 0 Å². The molecule has 0 amide bonds. The molecule has 1 N–H and O–H groups in total. The van der Waals surface area contributed by atoms with Crippen LogP contribution in [0.5, 0.6) is 0 Å². The van der Waals surface area contributed by atoms with Gasteiger partial charge in [-0.2, -0.15) is 0 Å². The molecule has 0 bridgehead atoms. The molecule has 0 radical (unpaired) electrons. The van der Waals surface area contributed by atoms with Gasteiger partial charge in [-0.3, -0.25) is 4.90 Å². The molecule has 3 aliphatic rings. The van der Waals surface area contributed by atoms with Crippen molar-refractivity contribution in [1.82, 2.24) is 14.9 Å². The third kappa shape index (κ3) is 3.76. The molecule has 0 saturated carbocycles. The number of hydrogen-bond donors (Lipinski definition) is 1. The first-order chi connectivity index (χ1) is 17.1. The first-order valence-corrected chi connectivity index (χ1v) is 13.4. The van der Waals surface area contributed by atoms with Crippen LogP contribution in [-0.2, 0) is 25.8 Å². The summed E-state index contributed by atoms with van der Waals surface area (Å²) in [5, 5.41) is 10.8. The number of aliphatic hydroxyl groups is 1. The number of fused-ring (bicyclic) bond motifs is 4. The maximum Gasteiger partial charge on any atom is 0.162 e. The van der Waals surface area contributed by atoms with E-state index in [4.69, 9.17) is 9.97 Å². The van der Waals surface area contributed by atoms with E-state index in [2.05, 4.69) is 73.0 Å². The first-order valence-electron chi connectivity index (χ1n) is 13.4. The highest BCUT2D eigenvalue weighted by Gasteiger charge is 2.44. The predicted molar refractivity (Wildman–Crippen MR) is 140 cm³/mol. The first kappa shape index (κ1) is 22.7. The summed E-state index contributed by atoms with van der Waals surface area (Å²) in [6.45, 7) is 8.02. The molecule has 2 aliphatic heterocycles. The zero-order chi connectivity index (χ0) is 24.1. The second-order valence-electron chi connectivity index (χ2n) is 10.4. The van der Waals surface area contributed by atoms with Crippen molar-refractivity contribution in [3.8, 4) is 11.4 Å². The number of rotatable bonds is 4. The summed E-state index contributed by atoms with van der Waals surface area (Å²) in [6, 6.07) is 15.9. The topological polar surface area (TPSA) is 52.5 Å². The summed E-state index contributed by atoms with van der Waals surface area (Å²) in [7, 11) is 0. The molecule has 1 fully saturated rings. The Morgan fingerprint density at radius 2 is 1.77 bits per heavy atom. The summed E-state index contributed by atoms with van der Waals surface area (Å²) in [4.78, 5) is 15.3. The fourth-order valence-electron chi connectivity index (χ4n) is 6.66. The summed E-state index contributed by atoms with van der Waals surface area (Å²) in [5.74, 6) is 1.87. The zero-order valence-electron chi connectivity index (χ0n) is 21.2. The van der Waals surface area contributed by atoms with E-state index in [1.807, 2.05) is 0 Å². The van der Waals surface area contributed by atoms with Gasteiger partial charge in [0.1, 0.15) is 5.82 Å². The molecule has 1 saturated heterocycles. The highest BCUT2D eigenvalue weighted by atomic mass is 16.3. The zero-order valence-corrected chi connectivity index (χ0v) is 21.2. The molecule has 2 unspecified atom stereocenters. The minimum atomic E-state index is -0.333. The summed E-state index contributed by atoms with van der Waals surface area (Å²) < 4.78 is 0. The van der Waals surface area contributed by atoms with Crippen LogP contribution in [0.4, 0.5) is 5.82 Å². The van der Waals surface area contributed by atoms with Crippen molar-refractivity contribution in [2.75, 3.05) is 11.4 Å². The molecule has 5 heteroatoms. The van der Waals surface area contributed by atoms with E-state index in [1.54, 1.807) is 0 Å². The molecule has 3 heterocycles. The smallest absolute Gasteiger partial charge is 0.162 e. The summed E-state index contributed by atoms with van der Waals surface area (Å²) in [6.07, 6.45) is 6.06. The van der Waals surface area contributed by atoms with Crippen molar-refractivity contribution in [2.24, 2.45) is 0 Å². The van der Waals surface area contributed by atoms with Crippen molar-refractivity contribution >= 4 is 5.82 Å². The largest absolute Gasteiger partial charge is 0.391 e. The predicted octanol–water partition coefficient (Wildman–Crippen LogP) is 5.37. The maximum absolute atomic E-state index is 10.8. The highest BCUT2D eigenvalue weighted by Crippen LogP contribution is 2.45. The van der Waals surface area contributed by atoms with Crippen LogP contribution < -0.4 is 4.90 Å². The molecule has 182 valence electrons. The lowest BCUT2D eigenvalue weighted by Crippen LogP contribution is -2.51. The Hall–Kier alpha value is -2.76. The van der Waals surface area contributed by atoms with Gasteiger partial charge in [-0.15, -0.1) is 0 Å². The Labute approximate surface area is 208 Å². The van der Waals surface area contributed by atoms with Crippen LogP contribution in [0.2, 0.25) is 0 Å². The molecular formula is C30H36N4O. The van der Waals surface area contributed by atoms with Crippen LogP contribution in [-0.4, -0.2) is 38.8 Å². The molecule has 5 nitrogen and oxygen atoms in total. The van der Waals surface area contributed by atoms with Crippen molar-refractivity contribution in [3.63, 3.8) is 0 Å². The van der Waals surface area contributed by atoms with E-state index in [9.17, 15) is 5.11 Å². The Morgan fingerprint density at radius 3 is 2.54 bits per heavy atom. The van der Waals surface area contributed by atoms with Crippen LogP contribution in [0.25, 0.3) is 11.4 Å². The van der Waals surface area contributed by atoms with Gasteiger partial charge in [0.05, 0.1) is 12.3 Å². The lowest BCUT2D eigenvalue weighted by molar-refractivity contribution is 0.0917. The third-order valence-corrected chi connectivity index (χ3v) is 8.40. The quantitative estimate of drug-likeness (QED) is 0.558. The van der Waals surface area contributed by atoms with Gasteiger partial charge in [0.15, 0.2) is 5.82 Å². The van der Waals surface area contributed by atoms with Crippen LogP contribution in [0.15, 0.2) is 42.5 Å². The Morgan fingerprint density at radius 1 is 1.00 bits per heavy atom. The lowest BCUT2D eigenvalue weighted by atomic mass is 9.86. The second-order valence-corrected chi connectivity index (χ2v) is 10.4. The minimum Gasteiger partial charge on any atom is -0.391 e. The van der Waals surface area contributed by atoms with Crippen LogP contribution in [0, 0.1) is 6.92 Å². The molecule has 2 aromatic carbocycles. The van der Waals surface area contributed by atoms with Crippen molar-refractivity contribution in [2.45, 2.75) is 84.2 Å². The number of benzene rings is 2. The molecule has 35 heavy (non-hydrogen) atoms. The maximum atomic E-state index is 10.8. The molecule has 0 spiro atoms. The second kappa shape index (κ2) is 9.03. The Balaban J connectivity index is 1.46. The Bertz CT molecular complexity index is 1230. The normalized spacial score (nSPS) is 23.7. The number of aryl methyl sites for hydroxylation is 4. The molecule has 3 aromatic rings. The number of aliphatic hydroxyl groups excluding tert-OH is 1. The van der Waals surface area contributed by atoms with E-state index in [-0.39, 0.29) is 12.3 Å². The van der Waals surface area contributed by atoms with Gasteiger partial charge in [0, 0.05) is 42.4 Å². The van der Waals surface area contributed by atoms with Crippen LogP contribution >= 0.6 is 0 Å². The highest BCUT2D eigenvalue weighted by molar-refractivity contribution is 5.68. The third-order valence-electron chi connectivity index (χ3n) is 8.40. The van der Waals surface area contributed by atoms with Gasteiger partial charge in [-0.25, -0.2) is 9.97 Å².